The number of aliphatic hydroxyl groups excluding tert-OH is 2. The summed E-state index contributed by atoms with van der Waals surface area (Å²) in [6.45, 7) is 2.31. The van der Waals surface area contributed by atoms with Gasteiger partial charge in [-0.3, -0.25) is 14.4 Å². The van der Waals surface area contributed by atoms with Gasteiger partial charge in [-0.05, 0) is 31.2 Å². The van der Waals surface area contributed by atoms with Gasteiger partial charge in [0.1, 0.15) is 12.6 Å². The maximum atomic E-state index is 12.0. The number of aliphatic hydroxyl groups is 2. The Balaban J connectivity index is 2.76. The molecule has 7 nitrogen and oxygen atoms in total. The van der Waals surface area contributed by atoms with Crippen molar-refractivity contribution in [3.63, 3.8) is 0 Å². The molecule has 0 heterocycles. The lowest BCUT2D eigenvalue weighted by Gasteiger charge is -2.19. The zero-order valence-corrected chi connectivity index (χ0v) is 12.5. The minimum absolute atomic E-state index is 0.139. The molecule has 7 heteroatoms. The molecule has 4 N–H and O–H groups in total. The molecule has 0 aromatic heterocycles. The van der Waals surface area contributed by atoms with Crippen LogP contribution in [0.5, 0.6) is 0 Å². The highest BCUT2D eigenvalue weighted by atomic mass is 16.3. The van der Waals surface area contributed by atoms with Gasteiger partial charge in [0.2, 0.25) is 5.91 Å². The third-order valence-corrected chi connectivity index (χ3v) is 3.02. The summed E-state index contributed by atoms with van der Waals surface area (Å²) in [7, 11) is 0. The average Bonchev–Trinajstić information content (AvgIpc) is 2.51. The Bertz CT molecular complexity index is 539. The van der Waals surface area contributed by atoms with Crippen LogP contribution >= 0.6 is 0 Å². The van der Waals surface area contributed by atoms with Gasteiger partial charge in [0.05, 0.1) is 6.10 Å². The number of carbonyl (C=O) groups is 3. The summed E-state index contributed by atoms with van der Waals surface area (Å²) >= 11 is 0. The molecular formula is C15H20N2O5. The molecule has 0 bridgehead atoms. The zero-order chi connectivity index (χ0) is 16.7. The molecule has 1 aromatic carbocycles. The fourth-order valence-electron chi connectivity index (χ4n) is 1.75. The molecule has 0 aliphatic carbocycles. The Morgan fingerprint density at radius 1 is 1.18 bits per heavy atom. The van der Waals surface area contributed by atoms with Crippen molar-refractivity contribution in [3.8, 4) is 0 Å². The highest BCUT2D eigenvalue weighted by molar-refractivity contribution is 5.99. The number of hydrogen-bond donors (Lipinski definition) is 4. The van der Waals surface area contributed by atoms with Crippen LogP contribution in [0.2, 0.25) is 0 Å². The fraction of sp³-hybridized carbons (Fsp3) is 0.400. The number of benzene rings is 1. The van der Waals surface area contributed by atoms with Crippen LogP contribution in [0.1, 0.15) is 30.6 Å². The predicted molar refractivity (Wildman–Crippen MR) is 80.4 cm³/mol. The van der Waals surface area contributed by atoms with Crippen molar-refractivity contribution in [1.29, 1.82) is 0 Å². The second-order valence-electron chi connectivity index (χ2n) is 4.80. The van der Waals surface area contributed by atoms with Crippen molar-refractivity contribution in [2.75, 3.05) is 11.9 Å². The summed E-state index contributed by atoms with van der Waals surface area (Å²) in [6.07, 6.45) is -0.770. The third kappa shape index (κ3) is 4.94. The molecule has 0 saturated carbocycles. The van der Waals surface area contributed by atoms with Crippen LogP contribution in [0.25, 0.3) is 0 Å². The minimum Gasteiger partial charge on any atom is -0.391 e. The molecule has 0 aliphatic rings. The van der Waals surface area contributed by atoms with Crippen LogP contribution < -0.4 is 10.6 Å². The first-order valence-electron chi connectivity index (χ1n) is 6.91. The van der Waals surface area contributed by atoms with E-state index in [1.807, 2.05) is 0 Å². The van der Waals surface area contributed by atoms with Gasteiger partial charge < -0.3 is 20.8 Å². The number of Topliss-reactive ketones (excluding diaryl/α,β-unsaturated/α-hetero) is 1. The molecule has 0 aliphatic heterocycles. The van der Waals surface area contributed by atoms with Crippen LogP contribution in [-0.2, 0) is 9.59 Å². The van der Waals surface area contributed by atoms with Gasteiger partial charge >= 0.3 is 0 Å². The fourth-order valence-corrected chi connectivity index (χ4v) is 1.75. The van der Waals surface area contributed by atoms with Crippen molar-refractivity contribution in [2.24, 2.45) is 0 Å². The maximum absolute atomic E-state index is 12.0. The van der Waals surface area contributed by atoms with E-state index in [2.05, 4.69) is 10.6 Å². The first kappa shape index (κ1) is 17.8. The first-order valence-corrected chi connectivity index (χ1v) is 6.91. The largest absolute Gasteiger partial charge is 0.391 e. The molecule has 0 unspecified atom stereocenters. The number of carbonyl (C=O) groups excluding carboxylic acids is 3. The van der Waals surface area contributed by atoms with E-state index in [0.717, 1.165) is 0 Å². The molecule has 2 amide bonds. The van der Waals surface area contributed by atoms with Crippen molar-refractivity contribution < 1.29 is 24.6 Å². The second kappa shape index (κ2) is 8.26. The normalized spacial score (nSPS) is 13.1. The summed E-state index contributed by atoms with van der Waals surface area (Å²) in [5, 5.41) is 23.3. The Morgan fingerprint density at radius 2 is 1.77 bits per heavy atom. The molecule has 0 saturated heterocycles. The number of rotatable bonds is 7. The number of amides is 2. The number of anilines is 1. The Hall–Kier alpha value is -2.25. The summed E-state index contributed by atoms with van der Waals surface area (Å²) in [5.74, 6) is -1.36. The second-order valence-corrected chi connectivity index (χ2v) is 4.80. The summed E-state index contributed by atoms with van der Waals surface area (Å²) in [5.41, 5.74) is 0.827. The SMILES string of the molecule is CCC(=O)Nc1ccc(C(=O)N[C@H](C(=O)CO)[C@@H](C)O)cc1. The van der Waals surface area contributed by atoms with Crippen LogP contribution in [0.4, 0.5) is 5.69 Å². The molecule has 22 heavy (non-hydrogen) atoms. The molecule has 1 rings (SSSR count). The van der Waals surface area contributed by atoms with E-state index in [9.17, 15) is 19.5 Å². The standard InChI is InChI=1S/C15H20N2O5/c1-3-13(21)16-11-6-4-10(5-7-11)15(22)17-14(9(2)19)12(20)8-18/h4-7,9,14,18-19H,3,8H2,1-2H3,(H,16,21)(H,17,22)/t9-,14+/m1/s1. The molecule has 0 radical (unpaired) electrons. The van der Waals surface area contributed by atoms with E-state index >= 15 is 0 Å². The first-order chi connectivity index (χ1) is 10.4. The van der Waals surface area contributed by atoms with E-state index < -0.39 is 30.4 Å². The quantitative estimate of drug-likeness (QED) is 0.569. The van der Waals surface area contributed by atoms with E-state index in [1.165, 1.54) is 19.1 Å². The monoisotopic (exact) mass is 308 g/mol. The van der Waals surface area contributed by atoms with Crippen molar-refractivity contribution >= 4 is 23.3 Å². The summed E-state index contributed by atoms with van der Waals surface area (Å²) in [6, 6.07) is 4.94. The average molecular weight is 308 g/mol. The van der Waals surface area contributed by atoms with Crippen molar-refractivity contribution in [3.05, 3.63) is 29.8 Å². The van der Waals surface area contributed by atoms with E-state index in [-0.39, 0.29) is 11.5 Å². The van der Waals surface area contributed by atoms with E-state index in [4.69, 9.17) is 5.11 Å². The predicted octanol–water partition coefficient (Wildman–Crippen LogP) is 0.0757. The molecule has 0 spiro atoms. The maximum Gasteiger partial charge on any atom is 0.251 e. The van der Waals surface area contributed by atoms with E-state index in [0.29, 0.717) is 12.1 Å². The van der Waals surface area contributed by atoms with Gasteiger partial charge in [-0.1, -0.05) is 6.92 Å². The molecular weight excluding hydrogens is 288 g/mol. The minimum atomic E-state index is -1.17. The third-order valence-electron chi connectivity index (χ3n) is 3.02. The van der Waals surface area contributed by atoms with Gasteiger partial charge in [-0.2, -0.15) is 0 Å². The van der Waals surface area contributed by atoms with Crippen molar-refractivity contribution in [1.82, 2.24) is 5.32 Å². The Kier molecular flexibility index (Phi) is 6.68. The molecule has 2 atom stereocenters. The molecule has 0 fully saturated rings. The number of hydrogen-bond acceptors (Lipinski definition) is 5. The number of nitrogens with one attached hydrogen (secondary N) is 2. The molecule has 120 valence electrons. The van der Waals surface area contributed by atoms with Gasteiger partial charge in [0.25, 0.3) is 5.91 Å². The van der Waals surface area contributed by atoms with Crippen LogP contribution in [0.15, 0.2) is 24.3 Å². The Morgan fingerprint density at radius 3 is 2.23 bits per heavy atom. The summed E-state index contributed by atoms with van der Waals surface area (Å²) < 4.78 is 0. The highest BCUT2D eigenvalue weighted by Gasteiger charge is 2.25. The van der Waals surface area contributed by atoms with Crippen LogP contribution in [0, 0.1) is 0 Å². The summed E-state index contributed by atoms with van der Waals surface area (Å²) in [4.78, 5) is 34.7. The van der Waals surface area contributed by atoms with E-state index in [1.54, 1.807) is 19.1 Å². The smallest absolute Gasteiger partial charge is 0.251 e. The Labute approximate surface area is 128 Å². The van der Waals surface area contributed by atoms with Gasteiger partial charge in [-0.25, -0.2) is 0 Å². The lowest BCUT2D eigenvalue weighted by Crippen LogP contribution is -2.48. The van der Waals surface area contributed by atoms with Crippen LogP contribution in [-0.4, -0.2) is 46.6 Å². The lowest BCUT2D eigenvalue weighted by atomic mass is 10.1. The number of ketones is 1. The van der Waals surface area contributed by atoms with Gasteiger partial charge in [0.15, 0.2) is 5.78 Å². The van der Waals surface area contributed by atoms with Gasteiger partial charge in [-0.15, -0.1) is 0 Å². The van der Waals surface area contributed by atoms with Crippen LogP contribution in [0.3, 0.4) is 0 Å². The van der Waals surface area contributed by atoms with Crippen molar-refractivity contribution in [2.45, 2.75) is 32.4 Å². The lowest BCUT2D eigenvalue weighted by molar-refractivity contribution is -0.126. The highest BCUT2D eigenvalue weighted by Crippen LogP contribution is 2.10. The van der Waals surface area contributed by atoms with Gasteiger partial charge in [0, 0.05) is 17.7 Å². The topological polar surface area (TPSA) is 116 Å². The zero-order valence-electron chi connectivity index (χ0n) is 12.5. The molecule has 1 aromatic rings.